The number of fused-ring (bicyclic) bond motifs is 1. The highest BCUT2D eigenvalue weighted by molar-refractivity contribution is 7.98. The van der Waals surface area contributed by atoms with Gasteiger partial charge in [-0.05, 0) is 49.1 Å². The fourth-order valence-corrected chi connectivity index (χ4v) is 4.18. The molecule has 0 aliphatic heterocycles. The molecule has 0 saturated heterocycles. The fourth-order valence-electron chi connectivity index (χ4n) is 2.72. The molecule has 0 bridgehead atoms. The third kappa shape index (κ3) is 4.99. The maximum Gasteiger partial charge on any atom is 0.252 e. The molecule has 0 aliphatic carbocycles. The molecular formula is C20H21FN2O2S2. The minimum Gasteiger partial charge on any atom is -0.494 e. The van der Waals surface area contributed by atoms with Gasteiger partial charge in [0.05, 0.1) is 23.2 Å². The lowest BCUT2D eigenvalue weighted by molar-refractivity contribution is -0.117. The van der Waals surface area contributed by atoms with E-state index in [1.165, 1.54) is 23.5 Å². The van der Waals surface area contributed by atoms with Gasteiger partial charge in [-0.3, -0.25) is 4.79 Å². The van der Waals surface area contributed by atoms with Gasteiger partial charge in [-0.1, -0.05) is 23.5 Å². The Balaban J connectivity index is 1.95. The largest absolute Gasteiger partial charge is 0.494 e. The molecule has 0 spiro atoms. The van der Waals surface area contributed by atoms with E-state index in [1.54, 1.807) is 23.9 Å². The summed E-state index contributed by atoms with van der Waals surface area (Å²) >= 11 is 3.23. The lowest BCUT2D eigenvalue weighted by atomic mass is 10.1. The summed E-state index contributed by atoms with van der Waals surface area (Å²) in [6, 6.07) is 11.9. The van der Waals surface area contributed by atoms with E-state index in [1.807, 2.05) is 25.1 Å². The van der Waals surface area contributed by atoms with Crippen LogP contribution >= 0.6 is 23.1 Å². The van der Waals surface area contributed by atoms with Gasteiger partial charge in [0.25, 0.3) is 5.91 Å². The molecule has 1 aromatic heterocycles. The summed E-state index contributed by atoms with van der Waals surface area (Å²) in [5, 5.41) is 0. The Morgan fingerprint density at radius 2 is 2.04 bits per heavy atom. The first kappa shape index (κ1) is 19.6. The number of aromatic nitrogens is 1. The van der Waals surface area contributed by atoms with Crippen LogP contribution in [-0.2, 0) is 17.8 Å². The van der Waals surface area contributed by atoms with Crippen molar-refractivity contribution < 1.29 is 13.9 Å². The first-order valence-corrected chi connectivity index (χ1v) is 10.9. The molecule has 1 amide bonds. The Hall–Kier alpha value is -2.12. The minimum absolute atomic E-state index is 0.154. The number of amides is 1. The predicted molar refractivity (Wildman–Crippen MR) is 110 cm³/mol. The van der Waals surface area contributed by atoms with Crippen molar-refractivity contribution in [2.75, 3.05) is 18.6 Å². The summed E-state index contributed by atoms with van der Waals surface area (Å²) in [5.74, 6) is 1.19. The first-order valence-electron chi connectivity index (χ1n) is 8.68. The Labute approximate surface area is 165 Å². The average Bonchev–Trinajstić information content (AvgIpc) is 2.98. The molecule has 2 aromatic carbocycles. The quantitative estimate of drug-likeness (QED) is 0.591. The second kappa shape index (κ2) is 9.19. The van der Waals surface area contributed by atoms with Gasteiger partial charge in [0.15, 0.2) is 4.80 Å². The Bertz CT molecular complexity index is 993. The van der Waals surface area contributed by atoms with Crippen molar-refractivity contribution in [3.8, 4) is 5.75 Å². The Kier molecular flexibility index (Phi) is 6.68. The van der Waals surface area contributed by atoms with Crippen molar-refractivity contribution in [3.63, 3.8) is 0 Å². The minimum atomic E-state index is -0.312. The van der Waals surface area contributed by atoms with Crippen LogP contribution in [-0.4, -0.2) is 29.1 Å². The van der Waals surface area contributed by atoms with Crippen LogP contribution in [0.15, 0.2) is 47.5 Å². The molecule has 4 nitrogen and oxygen atoms in total. The maximum atomic E-state index is 13.0. The number of thioether (sulfide) groups is 1. The number of benzene rings is 2. The Morgan fingerprint density at radius 3 is 2.74 bits per heavy atom. The molecule has 142 valence electrons. The number of halogens is 1. The zero-order valence-electron chi connectivity index (χ0n) is 15.3. The van der Waals surface area contributed by atoms with Crippen molar-refractivity contribution in [1.82, 2.24) is 4.57 Å². The van der Waals surface area contributed by atoms with Gasteiger partial charge < -0.3 is 9.30 Å². The lowest BCUT2D eigenvalue weighted by Gasteiger charge is -2.05. The van der Waals surface area contributed by atoms with Gasteiger partial charge in [0.1, 0.15) is 11.6 Å². The molecule has 27 heavy (non-hydrogen) atoms. The predicted octanol–water partition coefficient (Wildman–Crippen LogP) is 4.27. The maximum absolute atomic E-state index is 13.0. The molecule has 3 rings (SSSR count). The molecule has 0 fully saturated rings. The van der Waals surface area contributed by atoms with Crippen molar-refractivity contribution in [3.05, 3.63) is 58.6 Å². The van der Waals surface area contributed by atoms with Gasteiger partial charge in [-0.2, -0.15) is 16.8 Å². The lowest BCUT2D eigenvalue weighted by Crippen LogP contribution is -2.18. The van der Waals surface area contributed by atoms with Gasteiger partial charge in [-0.25, -0.2) is 4.39 Å². The van der Waals surface area contributed by atoms with Gasteiger partial charge >= 0.3 is 0 Å². The second-order valence-electron chi connectivity index (χ2n) is 5.90. The number of carbonyl (C=O) groups excluding carboxylic acids is 1. The summed E-state index contributed by atoms with van der Waals surface area (Å²) < 4.78 is 21.7. The molecule has 0 saturated carbocycles. The summed E-state index contributed by atoms with van der Waals surface area (Å²) in [6.45, 7) is 3.33. The molecular weight excluding hydrogens is 383 g/mol. The third-order valence-electron chi connectivity index (χ3n) is 3.97. The summed E-state index contributed by atoms with van der Waals surface area (Å²) in [4.78, 5) is 17.5. The van der Waals surface area contributed by atoms with E-state index in [-0.39, 0.29) is 18.1 Å². The molecule has 3 aromatic rings. The van der Waals surface area contributed by atoms with Crippen LogP contribution in [0.2, 0.25) is 0 Å². The highest BCUT2D eigenvalue weighted by Crippen LogP contribution is 2.23. The van der Waals surface area contributed by atoms with Crippen molar-refractivity contribution in [2.45, 2.75) is 19.9 Å². The van der Waals surface area contributed by atoms with E-state index < -0.39 is 0 Å². The molecule has 0 atom stereocenters. The molecule has 0 unspecified atom stereocenters. The number of aryl methyl sites for hydroxylation is 1. The zero-order chi connectivity index (χ0) is 19.2. The highest BCUT2D eigenvalue weighted by Gasteiger charge is 2.10. The van der Waals surface area contributed by atoms with Gasteiger partial charge in [-0.15, -0.1) is 0 Å². The second-order valence-corrected chi connectivity index (χ2v) is 7.90. The number of carbonyl (C=O) groups is 1. The summed E-state index contributed by atoms with van der Waals surface area (Å²) in [6.07, 6.45) is 2.21. The molecule has 0 radical (unpaired) electrons. The van der Waals surface area contributed by atoms with Gasteiger partial charge in [0, 0.05) is 12.3 Å². The first-order chi connectivity index (χ1) is 13.1. The fraction of sp³-hybridized carbons (Fsp3) is 0.300. The van der Waals surface area contributed by atoms with Crippen LogP contribution in [0.5, 0.6) is 5.75 Å². The normalized spacial score (nSPS) is 11.9. The van der Waals surface area contributed by atoms with E-state index in [2.05, 4.69) is 15.8 Å². The number of hydrogen-bond acceptors (Lipinski definition) is 4. The van der Waals surface area contributed by atoms with E-state index in [9.17, 15) is 9.18 Å². The zero-order valence-corrected chi connectivity index (χ0v) is 16.9. The smallest absolute Gasteiger partial charge is 0.252 e. The van der Waals surface area contributed by atoms with E-state index in [0.29, 0.717) is 11.4 Å². The summed E-state index contributed by atoms with van der Waals surface area (Å²) in [7, 11) is 0. The average molecular weight is 405 g/mol. The highest BCUT2D eigenvalue weighted by atomic mass is 32.2. The summed E-state index contributed by atoms with van der Waals surface area (Å²) in [5.41, 5.74) is 1.80. The topological polar surface area (TPSA) is 43.6 Å². The number of thiazole rings is 1. The monoisotopic (exact) mass is 404 g/mol. The van der Waals surface area contributed by atoms with E-state index in [0.717, 1.165) is 33.8 Å². The van der Waals surface area contributed by atoms with Crippen LogP contribution in [0.3, 0.4) is 0 Å². The molecule has 0 aliphatic rings. The Morgan fingerprint density at radius 1 is 1.26 bits per heavy atom. The number of nitrogens with zero attached hydrogens (tertiary/aromatic N) is 2. The van der Waals surface area contributed by atoms with Crippen LogP contribution in [0.25, 0.3) is 10.2 Å². The molecule has 7 heteroatoms. The number of ether oxygens (including phenoxy) is 1. The van der Waals surface area contributed by atoms with Crippen LogP contribution in [0.4, 0.5) is 4.39 Å². The molecule has 0 N–H and O–H groups in total. The van der Waals surface area contributed by atoms with Crippen LogP contribution in [0, 0.1) is 5.82 Å². The van der Waals surface area contributed by atoms with Crippen LogP contribution < -0.4 is 9.54 Å². The van der Waals surface area contributed by atoms with Crippen molar-refractivity contribution in [2.24, 2.45) is 4.99 Å². The van der Waals surface area contributed by atoms with Crippen LogP contribution in [0.1, 0.15) is 12.5 Å². The number of hydrogen-bond donors (Lipinski definition) is 0. The van der Waals surface area contributed by atoms with Crippen molar-refractivity contribution >= 4 is 39.2 Å². The van der Waals surface area contributed by atoms with E-state index >= 15 is 0 Å². The SMILES string of the molecule is CCOc1ccc2c(c1)sc(=NC(=O)Cc1ccc(F)cc1)n2CCSC. The molecule has 1 heterocycles. The standard InChI is InChI=1S/C20H21FN2O2S2/c1-3-25-16-8-9-17-18(13-16)27-20(23(17)10-11-26-2)22-19(24)12-14-4-6-15(21)7-5-14/h4-9,13H,3,10-12H2,1-2H3. The van der Waals surface area contributed by atoms with E-state index in [4.69, 9.17) is 4.74 Å². The van der Waals surface area contributed by atoms with Crippen molar-refractivity contribution in [1.29, 1.82) is 0 Å². The number of rotatable bonds is 7. The van der Waals surface area contributed by atoms with Gasteiger partial charge in [0.2, 0.25) is 0 Å². The third-order valence-corrected chi connectivity index (χ3v) is 5.61.